The van der Waals surface area contributed by atoms with Crippen LogP contribution in [0.4, 0.5) is 0 Å². The summed E-state index contributed by atoms with van der Waals surface area (Å²) in [4.78, 5) is 36.2. The number of halogens is 1. The number of carbonyl (C=O) groups is 3. The molecule has 1 unspecified atom stereocenters. The average Bonchev–Trinajstić information content (AvgIpc) is 2.89. The van der Waals surface area contributed by atoms with Gasteiger partial charge in [0, 0.05) is 38.4 Å². The molecule has 7 heteroatoms. The summed E-state index contributed by atoms with van der Waals surface area (Å²) in [7, 11) is 0. The van der Waals surface area contributed by atoms with Crippen LogP contribution < -0.4 is 10.6 Å². The van der Waals surface area contributed by atoms with Crippen molar-refractivity contribution in [2.75, 3.05) is 19.6 Å². The molecule has 1 aromatic rings. The van der Waals surface area contributed by atoms with Crippen molar-refractivity contribution in [3.63, 3.8) is 0 Å². The quantitative estimate of drug-likeness (QED) is 0.774. The number of rotatable bonds is 5. The summed E-state index contributed by atoms with van der Waals surface area (Å²) in [5, 5.41) is 6.30. The largest absolute Gasteiger partial charge is 0.354 e. The molecular formula is C17H22ClN3O3. The summed E-state index contributed by atoms with van der Waals surface area (Å²) in [5.74, 6) is -0.487. The van der Waals surface area contributed by atoms with Crippen LogP contribution in [0.3, 0.4) is 0 Å². The number of likely N-dealkylation sites (tertiary alicyclic amines) is 1. The zero-order valence-corrected chi connectivity index (χ0v) is 14.2. The van der Waals surface area contributed by atoms with Gasteiger partial charge in [0.1, 0.15) is 0 Å². The Balaban J connectivity index is 0.00000208. The van der Waals surface area contributed by atoms with E-state index in [-0.39, 0.29) is 62.0 Å². The van der Waals surface area contributed by atoms with Crippen molar-refractivity contribution in [3.05, 3.63) is 35.4 Å². The van der Waals surface area contributed by atoms with Crippen LogP contribution in [0.2, 0.25) is 0 Å². The minimum atomic E-state index is -0.175. The monoisotopic (exact) mass is 351 g/mol. The van der Waals surface area contributed by atoms with Crippen molar-refractivity contribution < 1.29 is 14.4 Å². The zero-order valence-electron chi connectivity index (χ0n) is 13.4. The smallest absolute Gasteiger partial charge is 0.229 e. The Morgan fingerprint density at radius 1 is 1.17 bits per heavy atom. The van der Waals surface area contributed by atoms with Gasteiger partial charge in [-0.2, -0.15) is 0 Å². The third-order valence-corrected chi connectivity index (χ3v) is 4.44. The molecule has 2 heterocycles. The number of benzene rings is 1. The molecule has 1 saturated heterocycles. The fourth-order valence-corrected chi connectivity index (χ4v) is 3.16. The van der Waals surface area contributed by atoms with E-state index in [4.69, 9.17) is 0 Å². The van der Waals surface area contributed by atoms with Crippen LogP contribution >= 0.6 is 12.4 Å². The predicted octanol–water partition coefficient (Wildman–Crippen LogP) is 0.950. The highest BCUT2D eigenvalue weighted by molar-refractivity contribution is 6.02. The molecule has 3 rings (SSSR count). The standard InChI is InChI=1S/C17H21N3O3.ClH/c21-15(8-10-20-16(22)5-6-17(20)23)19-11-14-13-4-2-1-3-12(13)7-9-18-14;/h1-4,14,18H,5-11H2,(H,19,21);1H. The van der Waals surface area contributed by atoms with Crippen LogP contribution in [0.15, 0.2) is 24.3 Å². The maximum atomic E-state index is 12.0. The van der Waals surface area contributed by atoms with Crippen LogP contribution in [-0.2, 0) is 20.8 Å². The maximum absolute atomic E-state index is 12.0. The van der Waals surface area contributed by atoms with Crippen LogP contribution in [0.5, 0.6) is 0 Å². The molecule has 24 heavy (non-hydrogen) atoms. The molecule has 0 aromatic heterocycles. The highest BCUT2D eigenvalue weighted by Crippen LogP contribution is 2.21. The van der Waals surface area contributed by atoms with Gasteiger partial charge in [-0.3, -0.25) is 19.3 Å². The van der Waals surface area contributed by atoms with Gasteiger partial charge in [-0.15, -0.1) is 12.4 Å². The van der Waals surface area contributed by atoms with Gasteiger partial charge in [0.15, 0.2) is 0 Å². The molecule has 1 atom stereocenters. The molecule has 2 aliphatic rings. The summed E-state index contributed by atoms with van der Waals surface area (Å²) in [6, 6.07) is 8.35. The van der Waals surface area contributed by atoms with Gasteiger partial charge < -0.3 is 10.6 Å². The summed E-state index contributed by atoms with van der Waals surface area (Å²) in [6.45, 7) is 1.59. The molecule has 6 nitrogen and oxygen atoms in total. The van der Waals surface area contributed by atoms with Crippen molar-refractivity contribution in [2.24, 2.45) is 0 Å². The van der Waals surface area contributed by atoms with Crippen LogP contribution in [0, 0.1) is 0 Å². The number of carbonyl (C=O) groups excluding carboxylic acids is 3. The van der Waals surface area contributed by atoms with Crippen molar-refractivity contribution >= 4 is 30.1 Å². The van der Waals surface area contributed by atoms with E-state index in [0.717, 1.165) is 13.0 Å². The Hall–Kier alpha value is -1.92. The van der Waals surface area contributed by atoms with Crippen molar-refractivity contribution in [1.82, 2.24) is 15.5 Å². The topological polar surface area (TPSA) is 78.5 Å². The fraction of sp³-hybridized carbons (Fsp3) is 0.471. The second-order valence-corrected chi connectivity index (χ2v) is 5.95. The van der Waals surface area contributed by atoms with E-state index in [1.165, 1.54) is 16.0 Å². The summed E-state index contributed by atoms with van der Waals surface area (Å²) in [6.07, 6.45) is 1.69. The third-order valence-electron chi connectivity index (χ3n) is 4.44. The van der Waals surface area contributed by atoms with E-state index >= 15 is 0 Å². The van der Waals surface area contributed by atoms with E-state index in [2.05, 4.69) is 22.8 Å². The Bertz CT molecular complexity index is 619. The Kier molecular flexibility index (Phi) is 6.34. The first-order valence-corrected chi connectivity index (χ1v) is 8.06. The Morgan fingerprint density at radius 3 is 2.62 bits per heavy atom. The minimum Gasteiger partial charge on any atom is -0.354 e. The number of nitrogens with zero attached hydrogens (tertiary/aromatic N) is 1. The van der Waals surface area contributed by atoms with Crippen molar-refractivity contribution in [2.45, 2.75) is 31.7 Å². The molecule has 0 radical (unpaired) electrons. The first kappa shape index (κ1) is 18.4. The van der Waals surface area contributed by atoms with Gasteiger partial charge in [0.25, 0.3) is 0 Å². The van der Waals surface area contributed by atoms with Crippen molar-refractivity contribution in [1.29, 1.82) is 0 Å². The van der Waals surface area contributed by atoms with E-state index in [0.29, 0.717) is 6.54 Å². The molecule has 0 spiro atoms. The SMILES string of the molecule is Cl.O=C(CCN1C(=O)CCC1=O)NCC1NCCc2ccccc21. The molecule has 0 bridgehead atoms. The lowest BCUT2D eigenvalue weighted by Gasteiger charge is -2.27. The van der Waals surface area contributed by atoms with E-state index < -0.39 is 0 Å². The number of imide groups is 1. The van der Waals surface area contributed by atoms with Gasteiger partial charge in [0.2, 0.25) is 17.7 Å². The lowest BCUT2D eigenvalue weighted by atomic mass is 9.94. The molecular weight excluding hydrogens is 330 g/mol. The van der Waals surface area contributed by atoms with Gasteiger partial charge >= 0.3 is 0 Å². The van der Waals surface area contributed by atoms with Crippen LogP contribution in [-0.4, -0.2) is 42.3 Å². The summed E-state index contributed by atoms with van der Waals surface area (Å²) >= 11 is 0. The van der Waals surface area contributed by atoms with Gasteiger partial charge in [-0.05, 0) is 24.1 Å². The Labute approximate surface area is 147 Å². The molecule has 2 N–H and O–H groups in total. The Morgan fingerprint density at radius 2 is 1.88 bits per heavy atom. The minimum absolute atomic E-state index is 0. The lowest BCUT2D eigenvalue weighted by molar-refractivity contribution is -0.138. The molecule has 1 fully saturated rings. The second-order valence-electron chi connectivity index (χ2n) is 5.95. The predicted molar refractivity (Wildman–Crippen MR) is 91.7 cm³/mol. The van der Waals surface area contributed by atoms with Gasteiger partial charge in [-0.25, -0.2) is 0 Å². The summed E-state index contributed by atoms with van der Waals surface area (Å²) < 4.78 is 0. The third kappa shape index (κ3) is 4.13. The van der Waals surface area contributed by atoms with Gasteiger partial charge in [0.05, 0.1) is 0 Å². The second kappa shape index (κ2) is 8.26. The number of hydrogen-bond acceptors (Lipinski definition) is 4. The van der Waals surface area contributed by atoms with E-state index in [9.17, 15) is 14.4 Å². The first-order valence-electron chi connectivity index (χ1n) is 8.06. The molecule has 0 saturated carbocycles. The van der Waals surface area contributed by atoms with Crippen molar-refractivity contribution in [3.8, 4) is 0 Å². The van der Waals surface area contributed by atoms with Crippen LogP contribution in [0.25, 0.3) is 0 Å². The van der Waals surface area contributed by atoms with E-state index in [1.807, 2.05) is 12.1 Å². The lowest BCUT2D eigenvalue weighted by Crippen LogP contribution is -2.40. The highest BCUT2D eigenvalue weighted by atomic mass is 35.5. The first-order chi connectivity index (χ1) is 11.1. The molecule has 1 aromatic carbocycles. The molecule has 130 valence electrons. The zero-order chi connectivity index (χ0) is 16.2. The van der Waals surface area contributed by atoms with Crippen LogP contribution in [0.1, 0.15) is 36.4 Å². The number of hydrogen-bond donors (Lipinski definition) is 2. The normalized spacial score (nSPS) is 19.7. The summed E-state index contributed by atoms with van der Waals surface area (Å²) in [5.41, 5.74) is 2.54. The number of nitrogens with one attached hydrogen (secondary N) is 2. The molecule has 3 amide bonds. The molecule has 2 aliphatic heterocycles. The van der Waals surface area contributed by atoms with E-state index in [1.54, 1.807) is 0 Å². The van der Waals surface area contributed by atoms with Gasteiger partial charge in [-0.1, -0.05) is 24.3 Å². The number of fused-ring (bicyclic) bond motifs is 1. The fourth-order valence-electron chi connectivity index (χ4n) is 3.16. The average molecular weight is 352 g/mol. The number of amides is 3. The maximum Gasteiger partial charge on any atom is 0.229 e. The highest BCUT2D eigenvalue weighted by Gasteiger charge is 2.29. The molecule has 0 aliphatic carbocycles.